The van der Waals surface area contributed by atoms with Crippen LogP contribution in [0.4, 0.5) is 0 Å². The molecule has 0 bridgehead atoms. The average Bonchev–Trinajstić information content (AvgIpc) is 3.19. The van der Waals surface area contributed by atoms with E-state index < -0.39 is 0 Å². The third-order valence-electron chi connectivity index (χ3n) is 4.58. The predicted molar refractivity (Wildman–Crippen MR) is 80.9 cm³/mol. The minimum atomic E-state index is 0.311. The van der Waals surface area contributed by atoms with Crippen molar-refractivity contribution in [2.75, 3.05) is 13.1 Å². The molecular weight excluding hydrogens is 302 g/mol. The Kier molecular flexibility index (Phi) is 3.67. The van der Waals surface area contributed by atoms with Crippen molar-refractivity contribution >= 4 is 15.9 Å². The first-order chi connectivity index (χ1) is 9.07. The van der Waals surface area contributed by atoms with E-state index >= 15 is 0 Å². The SMILES string of the molecule is CC1CNC(C)(C2CC2)CN1Cc1cncc(Br)c1. The molecule has 104 valence electrons. The van der Waals surface area contributed by atoms with Gasteiger partial charge >= 0.3 is 0 Å². The Morgan fingerprint density at radius 1 is 1.47 bits per heavy atom. The van der Waals surface area contributed by atoms with E-state index in [-0.39, 0.29) is 0 Å². The number of nitrogens with zero attached hydrogens (tertiary/aromatic N) is 2. The van der Waals surface area contributed by atoms with E-state index in [9.17, 15) is 0 Å². The van der Waals surface area contributed by atoms with Crippen LogP contribution in [0.15, 0.2) is 22.9 Å². The second-order valence-electron chi connectivity index (χ2n) is 6.34. The minimum absolute atomic E-state index is 0.311. The fourth-order valence-electron chi connectivity index (χ4n) is 3.13. The Hall–Kier alpha value is -0.450. The van der Waals surface area contributed by atoms with Crippen LogP contribution in [0, 0.1) is 5.92 Å². The Morgan fingerprint density at radius 2 is 2.26 bits per heavy atom. The highest BCUT2D eigenvalue weighted by molar-refractivity contribution is 9.10. The number of halogens is 1. The lowest BCUT2D eigenvalue weighted by molar-refractivity contribution is 0.0769. The largest absolute Gasteiger partial charge is 0.308 e. The van der Waals surface area contributed by atoms with Crippen LogP contribution >= 0.6 is 15.9 Å². The van der Waals surface area contributed by atoms with Crippen molar-refractivity contribution in [3.05, 3.63) is 28.5 Å². The Morgan fingerprint density at radius 3 is 2.95 bits per heavy atom. The molecule has 3 nitrogen and oxygen atoms in total. The molecule has 1 aromatic heterocycles. The number of piperazine rings is 1. The molecule has 2 fully saturated rings. The molecule has 2 unspecified atom stereocenters. The summed E-state index contributed by atoms with van der Waals surface area (Å²) in [6, 6.07) is 2.77. The van der Waals surface area contributed by atoms with Crippen LogP contribution in [0.1, 0.15) is 32.3 Å². The Labute approximate surface area is 123 Å². The van der Waals surface area contributed by atoms with Gasteiger partial charge in [0.05, 0.1) is 0 Å². The molecule has 2 heterocycles. The molecule has 1 aliphatic heterocycles. The molecule has 1 saturated carbocycles. The summed E-state index contributed by atoms with van der Waals surface area (Å²) < 4.78 is 1.07. The van der Waals surface area contributed by atoms with Gasteiger partial charge in [-0.15, -0.1) is 0 Å². The van der Waals surface area contributed by atoms with Crippen molar-refractivity contribution in [1.29, 1.82) is 0 Å². The molecule has 0 spiro atoms. The van der Waals surface area contributed by atoms with Crippen LogP contribution < -0.4 is 5.32 Å². The quantitative estimate of drug-likeness (QED) is 0.927. The van der Waals surface area contributed by atoms with Gasteiger partial charge in [0.2, 0.25) is 0 Å². The molecule has 0 aromatic carbocycles. The van der Waals surface area contributed by atoms with Crippen molar-refractivity contribution in [2.45, 2.75) is 44.8 Å². The number of aromatic nitrogens is 1. The number of hydrogen-bond acceptors (Lipinski definition) is 3. The zero-order chi connectivity index (χ0) is 13.5. The van der Waals surface area contributed by atoms with E-state index in [4.69, 9.17) is 0 Å². The maximum atomic E-state index is 4.27. The molecule has 1 saturated heterocycles. The first-order valence-corrected chi connectivity index (χ1v) is 7.95. The van der Waals surface area contributed by atoms with Crippen LogP contribution in [0.25, 0.3) is 0 Å². The standard InChI is InChI=1S/C15H22BrN3/c1-11-6-18-15(2,13-3-4-13)10-19(11)9-12-5-14(16)8-17-7-12/h5,7-8,11,13,18H,3-4,6,9-10H2,1-2H3. The molecule has 3 rings (SSSR count). The van der Waals surface area contributed by atoms with Crippen molar-refractivity contribution < 1.29 is 0 Å². The van der Waals surface area contributed by atoms with Gasteiger partial charge in [-0.05, 0) is 60.2 Å². The van der Waals surface area contributed by atoms with Gasteiger partial charge in [0.1, 0.15) is 0 Å². The number of rotatable bonds is 3. The minimum Gasteiger partial charge on any atom is -0.308 e. The second-order valence-corrected chi connectivity index (χ2v) is 7.25. The molecular formula is C15H22BrN3. The van der Waals surface area contributed by atoms with Gasteiger partial charge < -0.3 is 5.32 Å². The second kappa shape index (κ2) is 5.15. The van der Waals surface area contributed by atoms with Gasteiger partial charge in [0.15, 0.2) is 0 Å². The van der Waals surface area contributed by atoms with Gasteiger partial charge in [-0.1, -0.05) is 0 Å². The van der Waals surface area contributed by atoms with E-state index in [0.717, 1.165) is 30.0 Å². The summed E-state index contributed by atoms with van der Waals surface area (Å²) in [6.07, 6.45) is 6.61. The van der Waals surface area contributed by atoms with Gasteiger partial charge in [0.25, 0.3) is 0 Å². The summed E-state index contributed by atoms with van der Waals surface area (Å²) in [5.74, 6) is 0.878. The topological polar surface area (TPSA) is 28.2 Å². The van der Waals surface area contributed by atoms with Gasteiger partial charge in [0, 0.05) is 48.1 Å². The van der Waals surface area contributed by atoms with Gasteiger partial charge in [-0.25, -0.2) is 0 Å². The molecule has 19 heavy (non-hydrogen) atoms. The van der Waals surface area contributed by atoms with E-state index in [2.05, 4.69) is 51.0 Å². The number of pyridine rings is 1. The van der Waals surface area contributed by atoms with Crippen LogP contribution in [0.5, 0.6) is 0 Å². The molecule has 4 heteroatoms. The molecule has 0 amide bonds. The molecule has 2 atom stereocenters. The maximum absolute atomic E-state index is 4.27. The lowest BCUT2D eigenvalue weighted by Gasteiger charge is -2.45. The van der Waals surface area contributed by atoms with Crippen molar-refractivity contribution in [2.24, 2.45) is 5.92 Å². The maximum Gasteiger partial charge on any atom is 0.0410 e. The normalized spacial score (nSPS) is 32.5. The summed E-state index contributed by atoms with van der Waals surface area (Å²) in [5.41, 5.74) is 1.60. The highest BCUT2D eigenvalue weighted by atomic mass is 79.9. The van der Waals surface area contributed by atoms with Crippen molar-refractivity contribution in [1.82, 2.24) is 15.2 Å². The number of hydrogen-bond donors (Lipinski definition) is 1. The summed E-state index contributed by atoms with van der Waals surface area (Å²) >= 11 is 3.50. The first kappa shape index (κ1) is 13.5. The molecule has 1 aromatic rings. The van der Waals surface area contributed by atoms with Gasteiger partial charge in [-0.2, -0.15) is 0 Å². The van der Waals surface area contributed by atoms with Gasteiger partial charge in [-0.3, -0.25) is 9.88 Å². The van der Waals surface area contributed by atoms with E-state index in [1.165, 1.54) is 18.4 Å². The zero-order valence-corrected chi connectivity index (χ0v) is 13.3. The van der Waals surface area contributed by atoms with Crippen LogP contribution in [-0.4, -0.2) is 34.6 Å². The smallest absolute Gasteiger partial charge is 0.0410 e. The Bertz CT molecular complexity index is 460. The molecule has 1 aliphatic carbocycles. The zero-order valence-electron chi connectivity index (χ0n) is 11.7. The lowest BCUT2D eigenvalue weighted by Crippen LogP contribution is -2.62. The van der Waals surface area contributed by atoms with Crippen molar-refractivity contribution in [3.8, 4) is 0 Å². The summed E-state index contributed by atoms with van der Waals surface area (Å²) in [7, 11) is 0. The fourth-order valence-corrected chi connectivity index (χ4v) is 3.54. The summed E-state index contributed by atoms with van der Waals surface area (Å²) in [5, 5.41) is 3.77. The molecule has 0 radical (unpaired) electrons. The predicted octanol–water partition coefficient (Wildman–Crippen LogP) is 2.81. The third kappa shape index (κ3) is 3.01. The van der Waals surface area contributed by atoms with Crippen LogP contribution in [-0.2, 0) is 6.54 Å². The monoisotopic (exact) mass is 323 g/mol. The van der Waals surface area contributed by atoms with Crippen molar-refractivity contribution in [3.63, 3.8) is 0 Å². The highest BCUT2D eigenvalue weighted by Gasteiger charge is 2.45. The average molecular weight is 324 g/mol. The molecule has 1 N–H and O–H groups in total. The van der Waals surface area contributed by atoms with E-state index in [0.29, 0.717) is 11.6 Å². The van der Waals surface area contributed by atoms with Crippen LogP contribution in [0.2, 0.25) is 0 Å². The number of nitrogens with one attached hydrogen (secondary N) is 1. The molecule has 2 aliphatic rings. The fraction of sp³-hybridized carbons (Fsp3) is 0.667. The van der Waals surface area contributed by atoms with Crippen LogP contribution in [0.3, 0.4) is 0 Å². The van der Waals surface area contributed by atoms with E-state index in [1.807, 2.05) is 12.4 Å². The summed E-state index contributed by atoms with van der Waals surface area (Å²) in [4.78, 5) is 6.86. The lowest BCUT2D eigenvalue weighted by atomic mass is 9.91. The first-order valence-electron chi connectivity index (χ1n) is 7.15. The Balaban J connectivity index is 1.71. The third-order valence-corrected chi connectivity index (χ3v) is 5.02. The highest BCUT2D eigenvalue weighted by Crippen LogP contribution is 2.41. The summed E-state index contributed by atoms with van der Waals surface area (Å²) in [6.45, 7) is 7.94. The van der Waals surface area contributed by atoms with E-state index in [1.54, 1.807) is 0 Å².